The molecule has 0 bridgehead atoms. The number of fused-ring (bicyclic) bond motifs is 1. The SMILES string of the molecule is CCC(C)c1nc2n(c1N)C(C)CCC2. The molecule has 0 saturated heterocycles. The van der Waals surface area contributed by atoms with Gasteiger partial charge in [-0.25, -0.2) is 4.98 Å². The largest absolute Gasteiger partial charge is 0.384 e. The van der Waals surface area contributed by atoms with Gasteiger partial charge >= 0.3 is 0 Å². The third-order valence-electron chi connectivity index (χ3n) is 3.59. The quantitative estimate of drug-likeness (QED) is 0.810. The van der Waals surface area contributed by atoms with Crippen molar-refractivity contribution in [1.29, 1.82) is 0 Å². The molecule has 84 valence electrons. The van der Waals surface area contributed by atoms with Crippen molar-refractivity contribution in [3.63, 3.8) is 0 Å². The van der Waals surface area contributed by atoms with Gasteiger partial charge in [-0.1, -0.05) is 13.8 Å². The molecule has 3 heteroatoms. The van der Waals surface area contributed by atoms with Crippen molar-refractivity contribution in [1.82, 2.24) is 9.55 Å². The van der Waals surface area contributed by atoms with Crippen LogP contribution in [0.5, 0.6) is 0 Å². The van der Waals surface area contributed by atoms with Crippen LogP contribution in [0.1, 0.15) is 63.5 Å². The van der Waals surface area contributed by atoms with E-state index in [9.17, 15) is 0 Å². The fourth-order valence-corrected chi connectivity index (χ4v) is 2.42. The second-order valence-electron chi connectivity index (χ2n) is 4.72. The topological polar surface area (TPSA) is 43.8 Å². The normalized spacial score (nSPS) is 22.5. The highest BCUT2D eigenvalue weighted by Gasteiger charge is 2.24. The molecular formula is C12H21N3. The second-order valence-corrected chi connectivity index (χ2v) is 4.72. The van der Waals surface area contributed by atoms with Gasteiger partial charge in [0.1, 0.15) is 11.6 Å². The highest BCUT2D eigenvalue weighted by molar-refractivity contribution is 5.41. The molecule has 1 aliphatic rings. The molecule has 1 aromatic rings. The minimum absolute atomic E-state index is 0.482. The molecule has 0 fully saturated rings. The van der Waals surface area contributed by atoms with Crippen LogP contribution in [0.25, 0.3) is 0 Å². The number of nitrogens with zero attached hydrogens (tertiary/aromatic N) is 2. The maximum atomic E-state index is 6.19. The Kier molecular flexibility index (Phi) is 2.72. The van der Waals surface area contributed by atoms with E-state index >= 15 is 0 Å². The van der Waals surface area contributed by atoms with Crippen LogP contribution >= 0.6 is 0 Å². The van der Waals surface area contributed by atoms with Crippen LogP contribution in [-0.4, -0.2) is 9.55 Å². The second kappa shape index (κ2) is 3.87. The first-order chi connectivity index (χ1) is 7.15. The molecule has 3 nitrogen and oxygen atoms in total. The van der Waals surface area contributed by atoms with E-state index in [4.69, 9.17) is 10.7 Å². The molecule has 15 heavy (non-hydrogen) atoms. The first-order valence-corrected chi connectivity index (χ1v) is 6.01. The number of anilines is 1. The minimum atomic E-state index is 0.482. The summed E-state index contributed by atoms with van der Waals surface area (Å²) in [7, 11) is 0. The lowest BCUT2D eigenvalue weighted by atomic mass is 10.0. The standard InChI is InChI=1S/C12H21N3/c1-4-8(2)11-12(13)15-9(3)6-5-7-10(15)14-11/h8-9H,4-7,13H2,1-3H3. The Labute approximate surface area is 91.7 Å². The molecule has 0 saturated carbocycles. The van der Waals surface area contributed by atoms with Crippen molar-refractivity contribution in [2.45, 2.75) is 58.4 Å². The lowest BCUT2D eigenvalue weighted by Gasteiger charge is -2.22. The number of imidazole rings is 1. The van der Waals surface area contributed by atoms with E-state index in [2.05, 4.69) is 25.3 Å². The van der Waals surface area contributed by atoms with Gasteiger partial charge in [0.15, 0.2) is 0 Å². The van der Waals surface area contributed by atoms with Crippen LogP contribution in [0.15, 0.2) is 0 Å². The maximum absolute atomic E-state index is 6.19. The lowest BCUT2D eigenvalue weighted by Crippen LogP contribution is -2.17. The average molecular weight is 207 g/mol. The van der Waals surface area contributed by atoms with Gasteiger partial charge in [0.05, 0.1) is 5.69 Å². The fourth-order valence-electron chi connectivity index (χ4n) is 2.42. The number of hydrogen-bond acceptors (Lipinski definition) is 2. The Hall–Kier alpha value is -0.990. The van der Waals surface area contributed by atoms with Gasteiger partial charge in [-0.2, -0.15) is 0 Å². The summed E-state index contributed by atoms with van der Waals surface area (Å²) in [6.07, 6.45) is 4.67. The first-order valence-electron chi connectivity index (χ1n) is 6.01. The van der Waals surface area contributed by atoms with E-state index in [-0.39, 0.29) is 0 Å². The molecule has 0 spiro atoms. The summed E-state index contributed by atoms with van der Waals surface area (Å²) >= 11 is 0. The number of hydrogen-bond donors (Lipinski definition) is 1. The monoisotopic (exact) mass is 207 g/mol. The van der Waals surface area contributed by atoms with E-state index in [1.807, 2.05) is 0 Å². The van der Waals surface area contributed by atoms with Crippen molar-refractivity contribution in [2.75, 3.05) is 5.73 Å². The summed E-state index contributed by atoms with van der Waals surface area (Å²) < 4.78 is 2.24. The number of nitrogen functional groups attached to an aromatic ring is 1. The molecule has 1 aromatic heterocycles. The van der Waals surface area contributed by atoms with Crippen molar-refractivity contribution in [3.05, 3.63) is 11.5 Å². The summed E-state index contributed by atoms with van der Waals surface area (Å²) in [4.78, 5) is 4.71. The van der Waals surface area contributed by atoms with Gasteiger partial charge in [0.25, 0.3) is 0 Å². The Bertz CT molecular complexity index is 354. The lowest BCUT2D eigenvalue weighted by molar-refractivity contribution is 0.430. The zero-order chi connectivity index (χ0) is 11.0. The van der Waals surface area contributed by atoms with Gasteiger partial charge in [-0.3, -0.25) is 0 Å². The van der Waals surface area contributed by atoms with Crippen LogP contribution in [-0.2, 0) is 6.42 Å². The van der Waals surface area contributed by atoms with Gasteiger partial charge < -0.3 is 10.3 Å². The minimum Gasteiger partial charge on any atom is -0.384 e. The van der Waals surface area contributed by atoms with Gasteiger partial charge in [-0.15, -0.1) is 0 Å². The predicted octanol–water partition coefficient (Wildman–Crippen LogP) is 2.88. The molecule has 1 aliphatic heterocycles. The zero-order valence-corrected chi connectivity index (χ0v) is 9.95. The summed E-state index contributed by atoms with van der Waals surface area (Å²) in [5, 5.41) is 0. The number of aromatic nitrogens is 2. The summed E-state index contributed by atoms with van der Waals surface area (Å²) in [6, 6.07) is 0.527. The highest BCUT2D eigenvalue weighted by Crippen LogP contribution is 2.33. The molecular weight excluding hydrogens is 186 g/mol. The highest BCUT2D eigenvalue weighted by atomic mass is 15.2. The van der Waals surface area contributed by atoms with Crippen molar-refractivity contribution in [3.8, 4) is 0 Å². The molecule has 0 aromatic carbocycles. The first kappa shape index (κ1) is 10.5. The molecule has 0 radical (unpaired) electrons. The molecule has 2 rings (SSSR count). The van der Waals surface area contributed by atoms with E-state index in [0.717, 1.165) is 24.4 Å². The van der Waals surface area contributed by atoms with Crippen molar-refractivity contribution < 1.29 is 0 Å². The van der Waals surface area contributed by atoms with E-state index in [0.29, 0.717) is 12.0 Å². The Morgan fingerprint density at radius 2 is 2.33 bits per heavy atom. The van der Waals surface area contributed by atoms with Crippen molar-refractivity contribution >= 4 is 5.82 Å². The molecule has 0 amide bonds. The Balaban J connectivity index is 2.43. The third kappa shape index (κ3) is 1.64. The van der Waals surface area contributed by atoms with Crippen LogP contribution in [0.3, 0.4) is 0 Å². The zero-order valence-electron chi connectivity index (χ0n) is 9.95. The summed E-state index contributed by atoms with van der Waals surface area (Å²) in [5.41, 5.74) is 7.30. The van der Waals surface area contributed by atoms with Crippen molar-refractivity contribution in [2.24, 2.45) is 0 Å². The smallest absolute Gasteiger partial charge is 0.127 e. The Morgan fingerprint density at radius 3 is 2.93 bits per heavy atom. The third-order valence-corrected chi connectivity index (χ3v) is 3.59. The van der Waals surface area contributed by atoms with Crippen LogP contribution in [0.2, 0.25) is 0 Å². The van der Waals surface area contributed by atoms with Crippen LogP contribution in [0, 0.1) is 0 Å². The van der Waals surface area contributed by atoms with Gasteiger partial charge in [0, 0.05) is 18.4 Å². The molecule has 2 heterocycles. The van der Waals surface area contributed by atoms with Crippen LogP contribution < -0.4 is 5.73 Å². The molecule has 0 aliphatic carbocycles. The predicted molar refractivity (Wildman–Crippen MR) is 63.0 cm³/mol. The average Bonchev–Trinajstić information content (AvgIpc) is 2.56. The maximum Gasteiger partial charge on any atom is 0.127 e. The summed E-state index contributed by atoms with van der Waals surface area (Å²) in [5.74, 6) is 2.59. The van der Waals surface area contributed by atoms with Gasteiger partial charge in [0.2, 0.25) is 0 Å². The molecule has 2 unspecified atom stereocenters. The van der Waals surface area contributed by atoms with E-state index in [1.54, 1.807) is 0 Å². The van der Waals surface area contributed by atoms with E-state index < -0.39 is 0 Å². The number of aryl methyl sites for hydroxylation is 1. The molecule has 2 atom stereocenters. The van der Waals surface area contributed by atoms with Gasteiger partial charge in [-0.05, 0) is 26.2 Å². The fraction of sp³-hybridized carbons (Fsp3) is 0.750. The summed E-state index contributed by atoms with van der Waals surface area (Å²) in [6.45, 7) is 6.63. The van der Waals surface area contributed by atoms with E-state index in [1.165, 1.54) is 18.7 Å². The Morgan fingerprint density at radius 1 is 1.60 bits per heavy atom. The van der Waals surface area contributed by atoms with Crippen LogP contribution in [0.4, 0.5) is 5.82 Å². The number of rotatable bonds is 2. The number of nitrogens with two attached hydrogens (primary N) is 1. The molecule has 2 N–H and O–H groups in total.